The summed E-state index contributed by atoms with van der Waals surface area (Å²) in [4.78, 5) is 51.0. The highest BCUT2D eigenvalue weighted by Crippen LogP contribution is 2.34. The van der Waals surface area contributed by atoms with Crippen molar-refractivity contribution >= 4 is 34.7 Å². The Labute approximate surface area is 212 Å². The normalized spacial score (nSPS) is 19.0. The molecule has 1 aromatic carbocycles. The summed E-state index contributed by atoms with van der Waals surface area (Å²) < 4.78 is 25.6. The number of carbonyl (C=O) groups is 2. The third kappa shape index (κ3) is 5.33. The van der Waals surface area contributed by atoms with Crippen molar-refractivity contribution in [2.75, 3.05) is 43.0 Å². The summed E-state index contributed by atoms with van der Waals surface area (Å²) in [7, 11) is 0. The van der Waals surface area contributed by atoms with Gasteiger partial charge >= 0.3 is 6.09 Å². The Balaban J connectivity index is 1.20. The van der Waals surface area contributed by atoms with Crippen molar-refractivity contribution in [3.8, 4) is 0 Å². The quantitative estimate of drug-likeness (QED) is 0.533. The average molecular weight is 513 g/mol. The highest BCUT2D eigenvalue weighted by molar-refractivity contribution is 5.90. The fourth-order valence-electron chi connectivity index (χ4n) is 5.00. The molecular formula is C25H29FN6O5. The van der Waals surface area contributed by atoms with Gasteiger partial charge in [-0.15, -0.1) is 0 Å². The number of benzene rings is 1. The third-order valence-electron chi connectivity index (χ3n) is 6.86. The van der Waals surface area contributed by atoms with Gasteiger partial charge in [-0.25, -0.2) is 19.2 Å². The molecule has 2 amide bonds. The smallest absolute Gasteiger partial charge is 0.415 e. The largest absolute Gasteiger partial charge is 0.448 e. The van der Waals surface area contributed by atoms with Crippen LogP contribution in [0.1, 0.15) is 37.3 Å². The van der Waals surface area contributed by atoms with E-state index in [9.17, 15) is 18.8 Å². The minimum atomic E-state index is -0.570. The molecule has 0 saturated carbocycles. The van der Waals surface area contributed by atoms with Crippen LogP contribution in [0.15, 0.2) is 27.9 Å². The van der Waals surface area contributed by atoms with Crippen molar-refractivity contribution in [1.29, 1.82) is 0 Å². The molecule has 0 spiro atoms. The van der Waals surface area contributed by atoms with Gasteiger partial charge in [-0.2, -0.15) is 0 Å². The topological polar surface area (TPSA) is 134 Å². The second kappa shape index (κ2) is 10.7. The molecule has 11 nitrogen and oxygen atoms in total. The van der Waals surface area contributed by atoms with Crippen molar-refractivity contribution in [2.24, 2.45) is 5.92 Å². The number of aromatic amines is 1. The van der Waals surface area contributed by atoms with Crippen LogP contribution in [-0.4, -0.2) is 64.6 Å². The molecule has 5 rings (SSSR count). The molecule has 2 aromatic heterocycles. The number of aromatic nitrogens is 3. The third-order valence-corrected chi connectivity index (χ3v) is 6.86. The van der Waals surface area contributed by atoms with E-state index in [1.54, 1.807) is 6.92 Å². The van der Waals surface area contributed by atoms with Gasteiger partial charge < -0.3 is 19.5 Å². The second-order valence-electron chi connectivity index (χ2n) is 9.41. The van der Waals surface area contributed by atoms with E-state index in [1.165, 1.54) is 17.5 Å². The van der Waals surface area contributed by atoms with Crippen molar-refractivity contribution in [2.45, 2.75) is 39.0 Å². The molecule has 1 aliphatic heterocycles. The summed E-state index contributed by atoms with van der Waals surface area (Å²) in [6, 6.07) is 1.92. The second-order valence-corrected chi connectivity index (χ2v) is 9.41. The van der Waals surface area contributed by atoms with E-state index in [0.717, 1.165) is 31.5 Å². The van der Waals surface area contributed by atoms with Gasteiger partial charge in [-0.05, 0) is 55.3 Å². The highest BCUT2D eigenvalue weighted by Gasteiger charge is 2.29. The minimum absolute atomic E-state index is 0.155. The molecule has 2 aliphatic rings. The van der Waals surface area contributed by atoms with Crippen LogP contribution in [0.3, 0.4) is 0 Å². The van der Waals surface area contributed by atoms with Gasteiger partial charge in [0.1, 0.15) is 12.1 Å². The summed E-state index contributed by atoms with van der Waals surface area (Å²) in [5.41, 5.74) is 1.90. The number of fused-ring (bicyclic) bond motifs is 2. The molecule has 0 radical (unpaired) electrons. The van der Waals surface area contributed by atoms with Crippen LogP contribution in [0.5, 0.6) is 0 Å². The van der Waals surface area contributed by atoms with E-state index < -0.39 is 11.7 Å². The number of nitrogens with zero attached hydrogens (tertiary/aromatic N) is 4. The minimum Gasteiger partial charge on any atom is -0.448 e. The summed E-state index contributed by atoms with van der Waals surface area (Å²) in [6.45, 7) is 4.32. The van der Waals surface area contributed by atoms with Gasteiger partial charge in [0.25, 0.3) is 5.56 Å². The Morgan fingerprint density at radius 3 is 2.92 bits per heavy atom. The van der Waals surface area contributed by atoms with Gasteiger partial charge in [0.2, 0.25) is 11.7 Å². The molecule has 1 unspecified atom stereocenters. The molecule has 3 aromatic rings. The van der Waals surface area contributed by atoms with Crippen LogP contribution < -0.4 is 15.8 Å². The predicted octanol–water partition coefficient (Wildman–Crippen LogP) is 2.85. The van der Waals surface area contributed by atoms with E-state index in [1.807, 2.05) is 6.07 Å². The van der Waals surface area contributed by atoms with Crippen molar-refractivity contribution in [3.05, 3.63) is 46.0 Å². The summed E-state index contributed by atoms with van der Waals surface area (Å²) >= 11 is 0. The zero-order valence-electron chi connectivity index (χ0n) is 20.6. The molecule has 0 bridgehead atoms. The summed E-state index contributed by atoms with van der Waals surface area (Å²) in [6.07, 6.45) is 5.16. The Morgan fingerprint density at radius 1 is 1.24 bits per heavy atom. The summed E-state index contributed by atoms with van der Waals surface area (Å²) in [5.74, 6) is -0.348. The zero-order chi connectivity index (χ0) is 25.9. The van der Waals surface area contributed by atoms with E-state index in [-0.39, 0.29) is 47.9 Å². The number of oxazole rings is 1. The first kappa shape index (κ1) is 24.9. The number of cyclic esters (lactones) is 1. The van der Waals surface area contributed by atoms with Crippen LogP contribution in [0.2, 0.25) is 0 Å². The highest BCUT2D eigenvalue weighted by atomic mass is 19.1. The van der Waals surface area contributed by atoms with Gasteiger partial charge in [0.15, 0.2) is 23.6 Å². The molecule has 196 valence electrons. The van der Waals surface area contributed by atoms with Crippen molar-refractivity contribution < 1.29 is 23.1 Å². The lowest BCUT2D eigenvalue weighted by Gasteiger charge is -2.28. The van der Waals surface area contributed by atoms with Gasteiger partial charge in [-0.1, -0.05) is 6.92 Å². The maximum Gasteiger partial charge on any atom is 0.415 e. The fourth-order valence-corrected chi connectivity index (χ4v) is 5.00. The van der Waals surface area contributed by atoms with E-state index >= 15 is 0 Å². The predicted molar refractivity (Wildman–Crippen MR) is 133 cm³/mol. The number of nitrogens with one attached hydrogen (secondary N) is 2. The maximum atomic E-state index is 14.9. The Kier molecular flexibility index (Phi) is 7.17. The summed E-state index contributed by atoms with van der Waals surface area (Å²) in [5, 5.41) is 2.45. The number of anilines is 2. The number of hydrogen-bond donors (Lipinski definition) is 2. The van der Waals surface area contributed by atoms with E-state index in [0.29, 0.717) is 37.0 Å². The maximum absolute atomic E-state index is 14.9. The molecule has 12 heteroatoms. The molecule has 1 aliphatic carbocycles. The monoisotopic (exact) mass is 512 g/mol. The van der Waals surface area contributed by atoms with Crippen molar-refractivity contribution in [1.82, 2.24) is 19.9 Å². The first-order valence-electron chi connectivity index (χ1n) is 12.5. The fraction of sp³-hybridized carbons (Fsp3) is 0.480. The lowest BCUT2D eigenvalue weighted by Crippen LogP contribution is -2.40. The molecular weight excluding hydrogens is 483 g/mol. The lowest BCUT2D eigenvalue weighted by atomic mass is 10.1. The van der Waals surface area contributed by atoms with Gasteiger partial charge in [-0.3, -0.25) is 19.4 Å². The number of ether oxygens (including phenoxy) is 1. The molecule has 1 atom stereocenters. The van der Waals surface area contributed by atoms with Gasteiger partial charge in [0.05, 0.1) is 0 Å². The SMILES string of the molecule is CCC(=O)Nc1nc(N2CCCCN(CC3Cc4cc5ncoc5c(F)c4C3)CCOC2=O)c[nH]c1=O. The number of hydrogen-bond acceptors (Lipinski definition) is 8. The zero-order valence-corrected chi connectivity index (χ0v) is 20.6. The first-order chi connectivity index (χ1) is 17.9. The average Bonchev–Trinajstić information content (AvgIpc) is 3.52. The van der Waals surface area contributed by atoms with Crippen LogP contribution >= 0.6 is 0 Å². The first-order valence-corrected chi connectivity index (χ1v) is 12.5. The standard InChI is InChI=1S/C25H29FN6O5/c1-2-20(33)30-23-24(34)27-12-19(29-23)32-6-4-3-5-31(7-8-36-25(32)35)13-15-9-16-11-18-22(37-14-28-18)21(26)17(16)10-15/h11-12,14-15H,2-10,13H2,1H3,(H,27,34)(H,29,30,33). The van der Waals surface area contributed by atoms with E-state index in [2.05, 4.69) is 25.2 Å². The van der Waals surface area contributed by atoms with E-state index in [4.69, 9.17) is 9.15 Å². The van der Waals surface area contributed by atoms with Crippen LogP contribution in [0.4, 0.5) is 20.8 Å². The number of halogens is 1. The van der Waals surface area contributed by atoms with Crippen LogP contribution in [0, 0.1) is 11.7 Å². The molecule has 37 heavy (non-hydrogen) atoms. The molecule has 1 saturated heterocycles. The molecule has 3 heterocycles. The number of amides is 2. The van der Waals surface area contributed by atoms with Crippen LogP contribution in [0.25, 0.3) is 11.1 Å². The Bertz CT molecular complexity index is 1370. The van der Waals surface area contributed by atoms with Crippen molar-refractivity contribution in [3.63, 3.8) is 0 Å². The van der Waals surface area contributed by atoms with Gasteiger partial charge in [0, 0.05) is 32.3 Å². The lowest BCUT2D eigenvalue weighted by molar-refractivity contribution is -0.115. The Morgan fingerprint density at radius 2 is 2.08 bits per heavy atom. The Hall–Kier alpha value is -3.80. The number of rotatable bonds is 5. The molecule has 1 fully saturated rings. The number of H-pyrrole nitrogens is 1. The number of carbonyl (C=O) groups excluding carboxylic acids is 2. The van der Waals surface area contributed by atoms with Crippen LogP contribution in [-0.2, 0) is 22.4 Å². The molecule has 2 N–H and O–H groups in total.